The lowest BCUT2D eigenvalue weighted by Gasteiger charge is -2.24. The second-order valence-corrected chi connectivity index (χ2v) is 4.97. The van der Waals surface area contributed by atoms with E-state index in [0.717, 1.165) is 16.0 Å². The summed E-state index contributed by atoms with van der Waals surface area (Å²) in [6.07, 6.45) is 5.70. The van der Waals surface area contributed by atoms with Crippen molar-refractivity contribution in [2.45, 2.75) is 41.7 Å². The van der Waals surface area contributed by atoms with Crippen molar-refractivity contribution in [2.24, 2.45) is 0 Å². The van der Waals surface area contributed by atoms with Crippen molar-refractivity contribution >= 4 is 22.6 Å². The fraction of sp³-hybridized carbons (Fsp3) is 1.00. The van der Waals surface area contributed by atoms with Gasteiger partial charge in [0.1, 0.15) is 0 Å². The molecule has 3 atom stereocenters. The number of alkyl halides is 1. The van der Waals surface area contributed by atoms with Gasteiger partial charge in [-0.1, -0.05) is 22.6 Å². The second-order valence-electron chi connectivity index (χ2n) is 3.21. The summed E-state index contributed by atoms with van der Waals surface area (Å²) in [4.78, 5) is 0. The van der Waals surface area contributed by atoms with Crippen molar-refractivity contribution in [3.8, 4) is 0 Å². The van der Waals surface area contributed by atoms with Gasteiger partial charge >= 0.3 is 0 Å². The monoisotopic (exact) mass is 237 g/mol. The largest absolute Gasteiger partial charge is 0.311 e. The normalized spacial score (nSPS) is 49.7. The molecule has 0 amide bonds. The lowest BCUT2D eigenvalue weighted by molar-refractivity contribution is 0.423. The summed E-state index contributed by atoms with van der Waals surface area (Å²) in [6.45, 7) is 0. The molecule has 2 heterocycles. The van der Waals surface area contributed by atoms with E-state index in [2.05, 4.69) is 27.9 Å². The molecule has 1 N–H and O–H groups in total. The molecule has 2 heteroatoms. The first kappa shape index (κ1) is 6.40. The molecule has 0 aromatic carbocycles. The molecule has 9 heavy (non-hydrogen) atoms. The smallest absolute Gasteiger partial charge is 0.0139 e. The molecule has 2 bridgehead atoms. The lowest BCUT2D eigenvalue weighted by Crippen LogP contribution is -2.38. The minimum Gasteiger partial charge on any atom is -0.311 e. The van der Waals surface area contributed by atoms with Crippen molar-refractivity contribution in [3.05, 3.63) is 0 Å². The van der Waals surface area contributed by atoms with Gasteiger partial charge in [-0.3, -0.25) is 0 Å². The molecule has 2 aliphatic rings. The van der Waals surface area contributed by atoms with E-state index in [9.17, 15) is 0 Å². The maximum atomic E-state index is 3.62. The molecule has 0 unspecified atom stereocenters. The van der Waals surface area contributed by atoms with Crippen LogP contribution in [0, 0.1) is 0 Å². The number of piperidine rings is 1. The molecule has 0 spiro atoms. The van der Waals surface area contributed by atoms with E-state index in [0.29, 0.717) is 0 Å². The van der Waals surface area contributed by atoms with Gasteiger partial charge in [0.05, 0.1) is 0 Å². The zero-order valence-corrected chi connectivity index (χ0v) is 7.60. The Hall–Kier alpha value is 0.690. The first-order valence-corrected chi connectivity index (χ1v) is 4.99. The number of fused-ring (bicyclic) bond motifs is 2. The third-order valence-electron chi connectivity index (χ3n) is 2.42. The van der Waals surface area contributed by atoms with Crippen molar-refractivity contribution in [2.75, 3.05) is 0 Å². The summed E-state index contributed by atoms with van der Waals surface area (Å²) in [5.41, 5.74) is 0. The number of halogens is 1. The third kappa shape index (κ3) is 1.24. The van der Waals surface area contributed by atoms with E-state index in [1.54, 1.807) is 0 Å². The van der Waals surface area contributed by atoms with Gasteiger partial charge in [0.2, 0.25) is 0 Å². The summed E-state index contributed by atoms with van der Waals surface area (Å²) in [7, 11) is 0. The van der Waals surface area contributed by atoms with Gasteiger partial charge in [-0.15, -0.1) is 0 Å². The van der Waals surface area contributed by atoms with Crippen LogP contribution in [0.4, 0.5) is 0 Å². The van der Waals surface area contributed by atoms with Gasteiger partial charge in [0.25, 0.3) is 0 Å². The SMILES string of the molecule is I[C@H]1C[C@H]2CC[C@@H](C1)N2. The number of hydrogen-bond donors (Lipinski definition) is 1. The molecule has 2 rings (SSSR count). The molecule has 2 saturated heterocycles. The van der Waals surface area contributed by atoms with Crippen molar-refractivity contribution in [1.29, 1.82) is 0 Å². The van der Waals surface area contributed by atoms with Crippen LogP contribution in [0.5, 0.6) is 0 Å². The molecule has 0 aromatic rings. The van der Waals surface area contributed by atoms with Gasteiger partial charge in [-0.25, -0.2) is 0 Å². The predicted molar refractivity (Wildman–Crippen MR) is 47.0 cm³/mol. The highest BCUT2D eigenvalue weighted by Gasteiger charge is 2.31. The van der Waals surface area contributed by atoms with Gasteiger partial charge in [0.15, 0.2) is 0 Å². The Balaban J connectivity index is 2.03. The standard InChI is InChI=1S/C7H12IN/c8-5-3-6-1-2-7(4-5)9-6/h5-7,9H,1-4H2/t5-,6+,7-. The van der Waals surface area contributed by atoms with Crippen LogP contribution in [0.15, 0.2) is 0 Å². The number of hydrogen-bond acceptors (Lipinski definition) is 1. The van der Waals surface area contributed by atoms with Crippen molar-refractivity contribution in [1.82, 2.24) is 5.32 Å². The van der Waals surface area contributed by atoms with Gasteiger partial charge in [-0.2, -0.15) is 0 Å². The van der Waals surface area contributed by atoms with Gasteiger partial charge < -0.3 is 5.32 Å². The van der Waals surface area contributed by atoms with E-state index in [-0.39, 0.29) is 0 Å². The van der Waals surface area contributed by atoms with E-state index in [4.69, 9.17) is 0 Å². The Labute approximate surface area is 69.7 Å². The van der Waals surface area contributed by atoms with Crippen LogP contribution in [0.2, 0.25) is 0 Å². The summed E-state index contributed by atoms with van der Waals surface area (Å²) >= 11 is 2.59. The highest BCUT2D eigenvalue weighted by Crippen LogP contribution is 2.30. The van der Waals surface area contributed by atoms with Crippen LogP contribution in [-0.2, 0) is 0 Å². The molecule has 0 saturated carbocycles. The minimum absolute atomic E-state index is 0.880. The summed E-state index contributed by atoms with van der Waals surface area (Å²) in [6, 6.07) is 1.76. The van der Waals surface area contributed by atoms with Gasteiger partial charge in [0, 0.05) is 16.0 Å². The Morgan fingerprint density at radius 2 is 1.67 bits per heavy atom. The molecular formula is C7H12IN. The summed E-state index contributed by atoms with van der Waals surface area (Å²) < 4.78 is 0.960. The van der Waals surface area contributed by atoms with E-state index in [1.807, 2.05) is 0 Å². The fourth-order valence-electron chi connectivity index (χ4n) is 1.99. The molecule has 0 aromatic heterocycles. The molecule has 2 aliphatic heterocycles. The molecule has 0 radical (unpaired) electrons. The molecule has 0 aliphatic carbocycles. The van der Waals surface area contributed by atoms with Crippen LogP contribution in [0.1, 0.15) is 25.7 Å². The van der Waals surface area contributed by atoms with Crippen LogP contribution < -0.4 is 5.32 Å². The van der Waals surface area contributed by atoms with Crippen LogP contribution >= 0.6 is 22.6 Å². The Morgan fingerprint density at radius 1 is 1.11 bits per heavy atom. The van der Waals surface area contributed by atoms with Crippen LogP contribution in [-0.4, -0.2) is 16.0 Å². The minimum atomic E-state index is 0.880. The number of nitrogens with one attached hydrogen (secondary N) is 1. The summed E-state index contributed by atoms with van der Waals surface area (Å²) in [5, 5.41) is 3.62. The van der Waals surface area contributed by atoms with E-state index < -0.39 is 0 Å². The van der Waals surface area contributed by atoms with Crippen molar-refractivity contribution < 1.29 is 0 Å². The maximum absolute atomic E-state index is 3.62. The predicted octanol–water partition coefficient (Wildman–Crippen LogP) is 1.70. The molecule has 52 valence electrons. The quantitative estimate of drug-likeness (QED) is 0.499. The number of rotatable bonds is 0. The first-order chi connectivity index (χ1) is 4.34. The van der Waals surface area contributed by atoms with E-state index in [1.165, 1.54) is 25.7 Å². The van der Waals surface area contributed by atoms with Gasteiger partial charge in [-0.05, 0) is 25.7 Å². The Morgan fingerprint density at radius 3 is 2.22 bits per heavy atom. The van der Waals surface area contributed by atoms with E-state index >= 15 is 0 Å². The van der Waals surface area contributed by atoms with Crippen LogP contribution in [0.25, 0.3) is 0 Å². The summed E-state index contributed by atoms with van der Waals surface area (Å²) in [5.74, 6) is 0. The zero-order valence-electron chi connectivity index (χ0n) is 5.44. The highest BCUT2D eigenvalue weighted by molar-refractivity contribution is 14.1. The lowest BCUT2D eigenvalue weighted by atomic mass is 10.1. The fourth-order valence-corrected chi connectivity index (χ4v) is 3.22. The molecule has 1 nitrogen and oxygen atoms in total. The Kier molecular flexibility index (Phi) is 1.69. The highest BCUT2D eigenvalue weighted by atomic mass is 127. The first-order valence-electron chi connectivity index (χ1n) is 3.75. The molecule has 2 fully saturated rings. The molecular weight excluding hydrogens is 225 g/mol. The zero-order chi connectivity index (χ0) is 6.27. The average molecular weight is 237 g/mol. The van der Waals surface area contributed by atoms with Crippen molar-refractivity contribution in [3.63, 3.8) is 0 Å². The Bertz CT molecular complexity index is 103. The second kappa shape index (κ2) is 2.38. The van der Waals surface area contributed by atoms with Crippen LogP contribution in [0.3, 0.4) is 0 Å². The average Bonchev–Trinajstić information content (AvgIpc) is 2.11. The maximum Gasteiger partial charge on any atom is 0.0139 e. The topological polar surface area (TPSA) is 12.0 Å². The third-order valence-corrected chi connectivity index (χ3v) is 3.43.